The number of hydrogen-bond donors (Lipinski definition) is 0. The third-order valence-corrected chi connectivity index (χ3v) is 9.68. The number of aryl methyl sites for hydroxylation is 2. The number of benzene rings is 3. The van der Waals surface area contributed by atoms with E-state index in [-0.39, 0.29) is 0 Å². The monoisotopic (exact) mass is 426 g/mol. The Labute approximate surface area is 183 Å². The largest absolute Gasteiger partial charge is 0.214 e. The Hall–Kier alpha value is -2.49. The van der Waals surface area contributed by atoms with Crippen molar-refractivity contribution in [3.05, 3.63) is 71.8 Å². The third-order valence-electron chi connectivity index (χ3n) is 6.45. The van der Waals surface area contributed by atoms with E-state index in [4.69, 9.17) is 0 Å². The first-order valence-corrected chi connectivity index (χ1v) is 14.9. The number of rotatable bonds is 2. The van der Waals surface area contributed by atoms with E-state index in [1.807, 2.05) is 11.3 Å². The standard InChI is InChI=1S/C27H28NSSi/c1-17-15-21-19-11-8-10-14-24(19)29-27(21)26(18(17)2)23-16-25(30(4,5)6)20-12-7-9-13-22(20)28(23)3/h7-16H,1-6H3/q+1. The lowest BCUT2D eigenvalue weighted by Gasteiger charge is -2.20. The van der Waals surface area contributed by atoms with Gasteiger partial charge in [0, 0.05) is 37.7 Å². The van der Waals surface area contributed by atoms with Crippen molar-refractivity contribution < 1.29 is 4.57 Å². The third kappa shape index (κ3) is 2.84. The summed E-state index contributed by atoms with van der Waals surface area (Å²) in [5.74, 6) is 0. The summed E-state index contributed by atoms with van der Waals surface area (Å²) in [6, 6.07) is 22.6. The van der Waals surface area contributed by atoms with Crippen LogP contribution in [0.5, 0.6) is 0 Å². The molecule has 3 aromatic carbocycles. The van der Waals surface area contributed by atoms with Crippen molar-refractivity contribution in [1.29, 1.82) is 0 Å². The van der Waals surface area contributed by atoms with Crippen LogP contribution in [-0.4, -0.2) is 8.07 Å². The first kappa shape index (κ1) is 19.5. The predicted molar refractivity (Wildman–Crippen MR) is 136 cm³/mol. The number of hydrogen-bond acceptors (Lipinski definition) is 1. The molecule has 150 valence electrons. The molecule has 0 N–H and O–H groups in total. The molecule has 5 aromatic rings. The van der Waals surface area contributed by atoms with Crippen LogP contribution in [0.2, 0.25) is 19.6 Å². The van der Waals surface area contributed by atoms with Crippen LogP contribution in [0, 0.1) is 13.8 Å². The van der Waals surface area contributed by atoms with E-state index in [0.29, 0.717) is 0 Å². The van der Waals surface area contributed by atoms with E-state index in [1.54, 1.807) is 5.19 Å². The molecule has 0 fully saturated rings. The highest BCUT2D eigenvalue weighted by atomic mass is 32.1. The van der Waals surface area contributed by atoms with Gasteiger partial charge in [0.25, 0.3) is 0 Å². The zero-order valence-corrected chi connectivity index (χ0v) is 20.4. The molecule has 2 aromatic heterocycles. The predicted octanol–water partition coefficient (Wildman–Crippen LogP) is 6.86. The fourth-order valence-electron chi connectivity index (χ4n) is 4.69. The maximum absolute atomic E-state index is 2.50. The molecule has 30 heavy (non-hydrogen) atoms. The van der Waals surface area contributed by atoms with Crippen molar-refractivity contribution in [2.75, 3.05) is 0 Å². The van der Waals surface area contributed by atoms with Gasteiger partial charge in [0.2, 0.25) is 11.2 Å². The molecule has 0 unspecified atom stereocenters. The van der Waals surface area contributed by atoms with Crippen molar-refractivity contribution >= 4 is 55.7 Å². The van der Waals surface area contributed by atoms with Gasteiger partial charge in [-0.2, -0.15) is 4.57 Å². The van der Waals surface area contributed by atoms with E-state index in [9.17, 15) is 0 Å². The summed E-state index contributed by atoms with van der Waals surface area (Å²) in [4.78, 5) is 0. The summed E-state index contributed by atoms with van der Waals surface area (Å²) >= 11 is 1.93. The molecule has 0 atom stereocenters. The summed E-state index contributed by atoms with van der Waals surface area (Å²) in [6.45, 7) is 11.9. The summed E-state index contributed by atoms with van der Waals surface area (Å²) in [7, 11) is 0.704. The van der Waals surface area contributed by atoms with Gasteiger partial charge in [-0.05, 0) is 48.4 Å². The van der Waals surface area contributed by atoms with Crippen molar-refractivity contribution in [3.63, 3.8) is 0 Å². The number of pyridine rings is 1. The molecule has 0 aliphatic carbocycles. The first-order chi connectivity index (χ1) is 14.3. The number of fused-ring (bicyclic) bond motifs is 4. The molecular weight excluding hydrogens is 398 g/mol. The molecule has 3 heteroatoms. The fourth-order valence-corrected chi connectivity index (χ4v) is 7.57. The number of para-hydroxylation sites is 1. The van der Waals surface area contributed by atoms with Crippen LogP contribution in [0.4, 0.5) is 0 Å². The van der Waals surface area contributed by atoms with E-state index >= 15 is 0 Å². The lowest BCUT2D eigenvalue weighted by molar-refractivity contribution is -0.633. The Morgan fingerprint density at radius 3 is 2.20 bits per heavy atom. The van der Waals surface area contributed by atoms with E-state index < -0.39 is 8.07 Å². The van der Waals surface area contributed by atoms with Crippen LogP contribution >= 0.6 is 11.3 Å². The highest BCUT2D eigenvalue weighted by molar-refractivity contribution is 7.26. The average Bonchev–Trinajstić information content (AvgIpc) is 3.07. The molecule has 0 saturated carbocycles. The van der Waals surface area contributed by atoms with Crippen LogP contribution < -0.4 is 9.75 Å². The highest BCUT2D eigenvalue weighted by Gasteiger charge is 2.28. The van der Waals surface area contributed by atoms with Gasteiger partial charge in [0.1, 0.15) is 7.05 Å². The van der Waals surface area contributed by atoms with Crippen LogP contribution in [-0.2, 0) is 7.05 Å². The fraction of sp³-hybridized carbons (Fsp3) is 0.222. The van der Waals surface area contributed by atoms with E-state index in [2.05, 4.69) is 106 Å². The summed E-state index contributed by atoms with van der Waals surface area (Å²) < 4.78 is 5.18. The van der Waals surface area contributed by atoms with Gasteiger partial charge in [-0.25, -0.2) is 0 Å². The zero-order chi connectivity index (χ0) is 21.2. The van der Waals surface area contributed by atoms with Crippen molar-refractivity contribution in [2.24, 2.45) is 7.05 Å². The maximum atomic E-state index is 2.50. The van der Waals surface area contributed by atoms with Gasteiger partial charge in [0.15, 0.2) is 0 Å². The van der Waals surface area contributed by atoms with Gasteiger partial charge >= 0.3 is 0 Å². The Morgan fingerprint density at radius 1 is 0.800 bits per heavy atom. The maximum Gasteiger partial charge on any atom is 0.214 e. The van der Waals surface area contributed by atoms with Gasteiger partial charge in [-0.1, -0.05) is 50.0 Å². The summed E-state index contributed by atoms with van der Waals surface area (Å²) in [6.07, 6.45) is 0. The van der Waals surface area contributed by atoms with Crippen LogP contribution in [0.1, 0.15) is 11.1 Å². The van der Waals surface area contributed by atoms with Crippen LogP contribution in [0.25, 0.3) is 42.3 Å². The zero-order valence-electron chi connectivity index (χ0n) is 18.6. The highest BCUT2D eigenvalue weighted by Crippen LogP contribution is 2.42. The Morgan fingerprint density at radius 2 is 1.47 bits per heavy atom. The minimum Gasteiger partial charge on any atom is -0.194 e. The Balaban J connectivity index is 1.98. The van der Waals surface area contributed by atoms with Crippen LogP contribution in [0.15, 0.2) is 60.7 Å². The molecule has 0 amide bonds. The number of nitrogens with zero attached hydrogens (tertiary/aromatic N) is 1. The summed E-state index contributed by atoms with van der Waals surface area (Å²) in [5, 5.41) is 5.70. The Bertz CT molecular complexity index is 1450. The molecule has 5 rings (SSSR count). The second-order valence-electron chi connectivity index (χ2n) is 9.44. The molecule has 0 radical (unpaired) electrons. The molecule has 0 aliphatic heterocycles. The number of aromatic nitrogens is 1. The van der Waals surface area contributed by atoms with E-state index in [0.717, 1.165) is 0 Å². The lowest BCUT2D eigenvalue weighted by atomic mass is 9.96. The second-order valence-corrected chi connectivity index (χ2v) is 15.5. The first-order valence-electron chi connectivity index (χ1n) is 10.6. The van der Waals surface area contributed by atoms with Gasteiger partial charge < -0.3 is 0 Å². The average molecular weight is 427 g/mol. The Kier molecular flexibility index (Phi) is 4.39. The lowest BCUT2D eigenvalue weighted by Crippen LogP contribution is -2.43. The molecule has 0 spiro atoms. The van der Waals surface area contributed by atoms with Gasteiger partial charge in [0.05, 0.1) is 13.6 Å². The van der Waals surface area contributed by atoms with Crippen molar-refractivity contribution in [3.8, 4) is 11.3 Å². The molecular formula is C27H28NSSi+. The quantitative estimate of drug-likeness (QED) is 0.214. The van der Waals surface area contributed by atoms with Crippen LogP contribution in [0.3, 0.4) is 0 Å². The topological polar surface area (TPSA) is 3.88 Å². The normalized spacial score (nSPS) is 12.3. The molecule has 0 bridgehead atoms. The molecule has 0 aliphatic rings. The van der Waals surface area contributed by atoms with Crippen molar-refractivity contribution in [1.82, 2.24) is 0 Å². The summed E-state index contributed by atoms with van der Waals surface area (Å²) in [5.41, 5.74) is 6.82. The molecule has 1 nitrogen and oxygen atoms in total. The minimum absolute atomic E-state index is 1.32. The minimum atomic E-state index is -1.53. The van der Waals surface area contributed by atoms with Gasteiger partial charge in [-0.3, -0.25) is 0 Å². The van der Waals surface area contributed by atoms with Crippen molar-refractivity contribution in [2.45, 2.75) is 33.5 Å². The molecule has 0 saturated heterocycles. The smallest absolute Gasteiger partial charge is 0.194 e. The SMILES string of the molecule is Cc1cc2c(sc3ccccc32)c(-c2cc([Si](C)(C)C)c3ccccc3[n+]2C)c1C. The number of thiophene rings is 1. The van der Waals surface area contributed by atoms with Gasteiger partial charge in [-0.15, -0.1) is 11.3 Å². The second kappa shape index (κ2) is 6.76. The van der Waals surface area contributed by atoms with E-state index in [1.165, 1.54) is 53.5 Å². The molecule has 2 heterocycles.